The lowest BCUT2D eigenvalue weighted by Crippen LogP contribution is -2.10. The highest BCUT2D eigenvalue weighted by molar-refractivity contribution is 5.39. The van der Waals surface area contributed by atoms with Gasteiger partial charge in [-0.15, -0.1) is 0 Å². The fourth-order valence-corrected chi connectivity index (χ4v) is 1.33. The molecule has 0 unspecified atom stereocenters. The minimum atomic E-state index is -0.470. The Bertz CT molecular complexity index is 480. The average molecular weight is 233 g/mol. The van der Waals surface area contributed by atoms with Crippen molar-refractivity contribution < 1.29 is 4.92 Å². The number of pyridine rings is 1. The number of anilines is 1. The maximum atomic E-state index is 10.4. The molecular weight excluding hydrogens is 222 g/mol. The minimum Gasteiger partial charge on any atom is -0.368 e. The quantitative estimate of drug-likeness (QED) is 0.621. The van der Waals surface area contributed by atoms with Gasteiger partial charge in [0.05, 0.1) is 11.3 Å². The molecule has 0 aromatic carbocycles. The van der Waals surface area contributed by atoms with E-state index in [-0.39, 0.29) is 5.69 Å². The van der Waals surface area contributed by atoms with Gasteiger partial charge in [0, 0.05) is 31.5 Å². The van der Waals surface area contributed by atoms with Crippen LogP contribution in [0.5, 0.6) is 0 Å². The number of nitrogens with one attached hydrogen (secondary N) is 1. The molecule has 1 N–H and O–H groups in total. The Balaban J connectivity index is 1.85. The topological polar surface area (TPSA) is 85.9 Å². The second-order valence-electron chi connectivity index (χ2n) is 3.39. The molecule has 0 atom stereocenters. The van der Waals surface area contributed by atoms with Gasteiger partial charge in [0.25, 0.3) is 5.69 Å². The first-order valence-corrected chi connectivity index (χ1v) is 5.06. The van der Waals surface area contributed by atoms with Crippen LogP contribution in [-0.2, 0) is 6.54 Å². The Morgan fingerprint density at radius 1 is 1.47 bits per heavy atom. The Hall–Kier alpha value is -2.44. The van der Waals surface area contributed by atoms with Crippen LogP contribution < -0.4 is 5.32 Å². The first kappa shape index (κ1) is 11.1. The molecule has 7 heteroatoms. The molecule has 0 aliphatic carbocycles. The Labute approximate surface area is 97.3 Å². The van der Waals surface area contributed by atoms with Gasteiger partial charge < -0.3 is 9.88 Å². The maximum Gasteiger partial charge on any atom is 0.287 e. The van der Waals surface area contributed by atoms with Crippen molar-refractivity contribution in [1.29, 1.82) is 0 Å². The van der Waals surface area contributed by atoms with Gasteiger partial charge in [-0.25, -0.2) is 9.97 Å². The van der Waals surface area contributed by atoms with Gasteiger partial charge in [0.2, 0.25) is 0 Å². The van der Waals surface area contributed by atoms with E-state index in [1.165, 1.54) is 12.3 Å². The lowest BCUT2D eigenvalue weighted by molar-refractivity contribution is -0.385. The molecule has 0 saturated carbocycles. The van der Waals surface area contributed by atoms with Crippen LogP contribution in [0.25, 0.3) is 0 Å². The van der Waals surface area contributed by atoms with Crippen LogP contribution in [0.3, 0.4) is 0 Å². The van der Waals surface area contributed by atoms with Gasteiger partial charge in [0.15, 0.2) is 0 Å². The Kier molecular flexibility index (Phi) is 3.29. The SMILES string of the molecule is O=[N+]([O-])c1ccc(NCCn2ccnc2)nc1. The number of hydrogen-bond acceptors (Lipinski definition) is 5. The molecule has 2 rings (SSSR count). The van der Waals surface area contributed by atoms with E-state index in [0.29, 0.717) is 12.4 Å². The third kappa shape index (κ3) is 3.00. The Morgan fingerprint density at radius 3 is 2.94 bits per heavy atom. The smallest absolute Gasteiger partial charge is 0.287 e. The lowest BCUT2D eigenvalue weighted by atomic mass is 10.4. The van der Waals surface area contributed by atoms with Crippen molar-refractivity contribution in [2.24, 2.45) is 0 Å². The molecule has 2 aromatic heterocycles. The van der Waals surface area contributed by atoms with E-state index in [2.05, 4.69) is 15.3 Å². The van der Waals surface area contributed by atoms with Crippen LogP contribution in [0.15, 0.2) is 37.1 Å². The second kappa shape index (κ2) is 5.06. The van der Waals surface area contributed by atoms with Gasteiger partial charge >= 0.3 is 0 Å². The van der Waals surface area contributed by atoms with Crippen LogP contribution >= 0.6 is 0 Å². The van der Waals surface area contributed by atoms with Crippen LogP contribution in [0, 0.1) is 10.1 Å². The predicted molar refractivity (Wildman–Crippen MR) is 61.6 cm³/mol. The number of nitro groups is 1. The van der Waals surface area contributed by atoms with E-state index < -0.39 is 4.92 Å². The summed E-state index contributed by atoms with van der Waals surface area (Å²) in [7, 11) is 0. The molecule has 0 bridgehead atoms. The molecule has 0 amide bonds. The van der Waals surface area contributed by atoms with Crippen LogP contribution in [-0.4, -0.2) is 26.0 Å². The largest absolute Gasteiger partial charge is 0.368 e. The summed E-state index contributed by atoms with van der Waals surface area (Å²) < 4.78 is 1.93. The lowest BCUT2D eigenvalue weighted by Gasteiger charge is -2.05. The van der Waals surface area contributed by atoms with Gasteiger partial charge in [-0.3, -0.25) is 10.1 Å². The molecule has 0 aliphatic heterocycles. The maximum absolute atomic E-state index is 10.4. The third-order valence-corrected chi connectivity index (χ3v) is 2.19. The molecule has 0 fully saturated rings. The van der Waals surface area contributed by atoms with Crippen LogP contribution in [0.2, 0.25) is 0 Å². The number of hydrogen-bond donors (Lipinski definition) is 1. The fraction of sp³-hybridized carbons (Fsp3) is 0.200. The summed E-state index contributed by atoms with van der Waals surface area (Å²) in [4.78, 5) is 17.8. The van der Waals surface area contributed by atoms with E-state index in [1.807, 2.05) is 10.8 Å². The molecule has 0 spiro atoms. The number of aromatic nitrogens is 3. The van der Waals surface area contributed by atoms with Crippen molar-refractivity contribution in [3.63, 3.8) is 0 Å². The molecule has 2 aromatic rings. The third-order valence-electron chi connectivity index (χ3n) is 2.19. The highest BCUT2D eigenvalue weighted by atomic mass is 16.6. The summed E-state index contributed by atoms with van der Waals surface area (Å²) >= 11 is 0. The normalized spacial score (nSPS) is 10.1. The van der Waals surface area contributed by atoms with E-state index in [4.69, 9.17) is 0 Å². The molecule has 17 heavy (non-hydrogen) atoms. The Morgan fingerprint density at radius 2 is 2.35 bits per heavy atom. The van der Waals surface area contributed by atoms with E-state index in [0.717, 1.165) is 6.54 Å². The molecule has 0 radical (unpaired) electrons. The van der Waals surface area contributed by atoms with E-state index >= 15 is 0 Å². The fourth-order valence-electron chi connectivity index (χ4n) is 1.33. The molecule has 0 aliphatic rings. The summed E-state index contributed by atoms with van der Waals surface area (Å²) in [5.41, 5.74) is -0.00911. The zero-order chi connectivity index (χ0) is 12.1. The van der Waals surface area contributed by atoms with Gasteiger partial charge in [0.1, 0.15) is 12.0 Å². The molecule has 0 saturated heterocycles. The van der Waals surface area contributed by atoms with Crippen molar-refractivity contribution in [3.8, 4) is 0 Å². The molecule has 88 valence electrons. The van der Waals surface area contributed by atoms with E-state index in [1.54, 1.807) is 18.6 Å². The summed E-state index contributed by atoms with van der Waals surface area (Å²) in [5, 5.41) is 13.5. The highest BCUT2D eigenvalue weighted by Crippen LogP contribution is 2.11. The van der Waals surface area contributed by atoms with Gasteiger partial charge in [-0.05, 0) is 6.07 Å². The summed E-state index contributed by atoms with van der Waals surface area (Å²) in [6.45, 7) is 1.44. The van der Waals surface area contributed by atoms with Crippen LogP contribution in [0.1, 0.15) is 0 Å². The van der Waals surface area contributed by atoms with Crippen LogP contribution in [0.4, 0.5) is 11.5 Å². The zero-order valence-corrected chi connectivity index (χ0v) is 8.98. The zero-order valence-electron chi connectivity index (χ0n) is 8.98. The van der Waals surface area contributed by atoms with Crippen molar-refractivity contribution in [2.75, 3.05) is 11.9 Å². The minimum absolute atomic E-state index is 0.00911. The summed E-state index contributed by atoms with van der Waals surface area (Å²) in [6, 6.07) is 3.01. The monoisotopic (exact) mass is 233 g/mol. The van der Waals surface area contributed by atoms with Crippen molar-refractivity contribution >= 4 is 11.5 Å². The summed E-state index contributed by atoms with van der Waals surface area (Å²) in [6.07, 6.45) is 6.54. The first-order valence-electron chi connectivity index (χ1n) is 5.06. The van der Waals surface area contributed by atoms with Crippen molar-refractivity contribution in [2.45, 2.75) is 6.54 Å². The standard InChI is InChI=1S/C10H11N5O2/c16-15(17)9-1-2-10(13-7-9)12-4-6-14-5-3-11-8-14/h1-3,5,7-8H,4,6H2,(H,12,13). The average Bonchev–Trinajstić information content (AvgIpc) is 2.83. The first-order chi connectivity index (χ1) is 8.25. The second-order valence-corrected chi connectivity index (χ2v) is 3.39. The van der Waals surface area contributed by atoms with Crippen molar-refractivity contribution in [3.05, 3.63) is 47.2 Å². The molecule has 2 heterocycles. The van der Waals surface area contributed by atoms with Crippen molar-refractivity contribution in [1.82, 2.24) is 14.5 Å². The van der Waals surface area contributed by atoms with Gasteiger partial charge in [-0.1, -0.05) is 0 Å². The number of rotatable bonds is 5. The number of imidazole rings is 1. The van der Waals surface area contributed by atoms with E-state index in [9.17, 15) is 10.1 Å². The van der Waals surface area contributed by atoms with Gasteiger partial charge in [-0.2, -0.15) is 0 Å². The highest BCUT2D eigenvalue weighted by Gasteiger charge is 2.04. The molecular formula is C10H11N5O2. The number of nitrogens with zero attached hydrogens (tertiary/aromatic N) is 4. The predicted octanol–water partition coefficient (Wildman–Crippen LogP) is 1.30. The molecule has 7 nitrogen and oxygen atoms in total. The summed E-state index contributed by atoms with van der Waals surface area (Å²) in [5.74, 6) is 0.621.